The van der Waals surface area contributed by atoms with Gasteiger partial charge in [-0.3, -0.25) is 0 Å². The Morgan fingerprint density at radius 2 is 2.05 bits per heavy atom. The Morgan fingerprint density at radius 3 is 2.77 bits per heavy atom. The van der Waals surface area contributed by atoms with E-state index in [9.17, 15) is 0 Å². The standard InChI is InChI=1S/C16H19ClN4O/c1-10-9-22-15(13-5-4-6-14(17)7-13)8-21(10)16-18-11(2)12(3)19-20-16/h4-7,10,15H,8-9H2,1-3H3/t10-,15+/m1/s1. The van der Waals surface area contributed by atoms with Gasteiger partial charge in [0.05, 0.1) is 30.6 Å². The van der Waals surface area contributed by atoms with Crippen molar-refractivity contribution in [2.24, 2.45) is 0 Å². The third-order valence-electron chi connectivity index (χ3n) is 3.99. The van der Waals surface area contributed by atoms with E-state index in [2.05, 4.69) is 27.0 Å². The zero-order valence-electron chi connectivity index (χ0n) is 13.0. The molecule has 1 saturated heterocycles. The lowest BCUT2D eigenvalue weighted by Gasteiger charge is -2.38. The van der Waals surface area contributed by atoms with Crippen LogP contribution in [-0.4, -0.2) is 34.4 Å². The molecule has 1 fully saturated rings. The van der Waals surface area contributed by atoms with Gasteiger partial charge in [-0.15, -0.1) is 5.10 Å². The van der Waals surface area contributed by atoms with Crippen LogP contribution in [0.5, 0.6) is 0 Å². The van der Waals surface area contributed by atoms with Crippen LogP contribution >= 0.6 is 11.6 Å². The number of morpholine rings is 1. The van der Waals surface area contributed by atoms with Crippen molar-refractivity contribution in [2.45, 2.75) is 32.9 Å². The van der Waals surface area contributed by atoms with E-state index < -0.39 is 0 Å². The highest BCUT2D eigenvalue weighted by atomic mass is 35.5. The summed E-state index contributed by atoms with van der Waals surface area (Å²) in [6.07, 6.45) is -0.0416. The highest BCUT2D eigenvalue weighted by Crippen LogP contribution is 2.28. The summed E-state index contributed by atoms with van der Waals surface area (Å²) < 4.78 is 5.96. The maximum atomic E-state index is 6.08. The number of hydrogen-bond donors (Lipinski definition) is 0. The minimum absolute atomic E-state index is 0.0416. The molecule has 6 heteroatoms. The van der Waals surface area contributed by atoms with Crippen LogP contribution in [-0.2, 0) is 4.74 Å². The monoisotopic (exact) mass is 318 g/mol. The highest BCUT2D eigenvalue weighted by molar-refractivity contribution is 6.30. The summed E-state index contributed by atoms with van der Waals surface area (Å²) in [4.78, 5) is 6.71. The first-order valence-electron chi connectivity index (χ1n) is 7.36. The van der Waals surface area contributed by atoms with E-state index >= 15 is 0 Å². The molecule has 116 valence electrons. The minimum Gasteiger partial charge on any atom is -0.370 e. The SMILES string of the molecule is Cc1nnc(N2C[C@@H](c3cccc(Cl)c3)OC[C@H]2C)nc1C. The van der Waals surface area contributed by atoms with Crippen LogP contribution in [0.2, 0.25) is 5.02 Å². The highest BCUT2D eigenvalue weighted by Gasteiger charge is 2.29. The van der Waals surface area contributed by atoms with Gasteiger partial charge in [0, 0.05) is 5.02 Å². The summed E-state index contributed by atoms with van der Waals surface area (Å²) in [5, 5.41) is 9.14. The lowest BCUT2D eigenvalue weighted by Crippen LogP contribution is -2.46. The molecule has 22 heavy (non-hydrogen) atoms. The Hall–Kier alpha value is -1.72. The van der Waals surface area contributed by atoms with Gasteiger partial charge in [0.15, 0.2) is 0 Å². The second-order valence-electron chi connectivity index (χ2n) is 5.66. The summed E-state index contributed by atoms with van der Waals surface area (Å²) in [5.74, 6) is 0.658. The van der Waals surface area contributed by atoms with Gasteiger partial charge in [0.1, 0.15) is 6.10 Å². The number of ether oxygens (including phenoxy) is 1. The average Bonchev–Trinajstić information content (AvgIpc) is 2.51. The van der Waals surface area contributed by atoms with Crippen molar-refractivity contribution in [1.29, 1.82) is 0 Å². The topological polar surface area (TPSA) is 51.1 Å². The number of benzene rings is 1. The fraction of sp³-hybridized carbons (Fsp3) is 0.438. The van der Waals surface area contributed by atoms with Crippen molar-refractivity contribution in [3.05, 3.63) is 46.2 Å². The van der Waals surface area contributed by atoms with Gasteiger partial charge >= 0.3 is 0 Å². The van der Waals surface area contributed by atoms with Crippen LogP contribution in [0.1, 0.15) is 30.0 Å². The zero-order valence-corrected chi connectivity index (χ0v) is 13.7. The summed E-state index contributed by atoms with van der Waals surface area (Å²) in [6.45, 7) is 7.27. The predicted molar refractivity (Wildman–Crippen MR) is 86.3 cm³/mol. The molecule has 1 aromatic heterocycles. The second kappa shape index (κ2) is 6.18. The van der Waals surface area contributed by atoms with Gasteiger partial charge in [0.2, 0.25) is 5.95 Å². The molecule has 0 unspecified atom stereocenters. The average molecular weight is 319 g/mol. The molecule has 1 aliphatic heterocycles. The molecule has 5 nitrogen and oxygen atoms in total. The lowest BCUT2D eigenvalue weighted by atomic mass is 10.1. The Labute approximate surface area is 135 Å². The van der Waals surface area contributed by atoms with Crippen molar-refractivity contribution in [3.63, 3.8) is 0 Å². The molecular weight excluding hydrogens is 300 g/mol. The molecule has 2 heterocycles. The molecule has 3 rings (SSSR count). The van der Waals surface area contributed by atoms with Crippen molar-refractivity contribution in [3.8, 4) is 0 Å². The number of rotatable bonds is 2. The molecule has 2 aromatic rings. The van der Waals surface area contributed by atoms with Crippen molar-refractivity contribution in [1.82, 2.24) is 15.2 Å². The Bertz CT molecular complexity index is 679. The Balaban J connectivity index is 1.86. The fourth-order valence-corrected chi connectivity index (χ4v) is 2.71. The Kier molecular flexibility index (Phi) is 4.27. The molecule has 1 aromatic carbocycles. The number of hydrogen-bond acceptors (Lipinski definition) is 5. The predicted octanol–water partition coefficient (Wildman–Crippen LogP) is 3.11. The Morgan fingerprint density at radius 1 is 1.23 bits per heavy atom. The molecule has 0 N–H and O–H groups in total. The smallest absolute Gasteiger partial charge is 0.246 e. The summed E-state index contributed by atoms with van der Waals surface area (Å²) in [6, 6.07) is 7.99. The normalized spacial score (nSPS) is 21.9. The molecule has 1 aliphatic rings. The molecule has 0 spiro atoms. The van der Waals surface area contributed by atoms with E-state index in [1.54, 1.807) is 0 Å². The zero-order chi connectivity index (χ0) is 15.7. The minimum atomic E-state index is -0.0416. The van der Waals surface area contributed by atoms with Crippen molar-refractivity contribution in [2.75, 3.05) is 18.1 Å². The van der Waals surface area contributed by atoms with Gasteiger partial charge in [-0.05, 0) is 38.5 Å². The summed E-state index contributed by atoms with van der Waals surface area (Å²) in [7, 11) is 0. The van der Waals surface area contributed by atoms with E-state index in [4.69, 9.17) is 16.3 Å². The van der Waals surface area contributed by atoms with Gasteiger partial charge < -0.3 is 9.64 Å². The van der Waals surface area contributed by atoms with Crippen LogP contribution in [0.4, 0.5) is 5.95 Å². The van der Waals surface area contributed by atoms with E-state index in [1.165, 1.54) is 0 Å². The summed E-state index contributed by atoms with van der Waals surface area (Å²) in [5.41, 5.74) is 2.83. The van der Waals surface area contributed by atoms with E-state index in [1.807, 2.05) is 38.1 Å². The maximum absolute atomic E-state index is 6.08. The number of anilines is 1. The summed E-state index contributed by atoms with van der Waals surface area (Å²) >= 11 is 6.08. The third kappa shape index (κ3) is 3.05. The molecule has 0 amide bonds. The first kappa shape index (κ1) is 15.2. The van der Waals surface area contributed by atoms with Crippen molar-refractivity contribution < 1.29 is 4.74 Å². The molecular formula is C16H19ClN4O. The fourth-order valence-electron chi connectivity index (χ4n) is 2.51. The van der Waals surface area contributed by atoms with E-state index in [-0.39, 0.29) is 12.1 Å². The largest absolute Gasteiger partial charge is 0.370 e. The molecule has 0 radical (unpaired) electrons. The van der Waals surface area contributed by atoms with Gasteiger partial charge in [-0.2, -0.15) is 5.10 Å². The first-order valence-corrected chi connectivity index (χ1v) is 7.74. The van der Waals surface area contributed by atoms with E-state index in [0.29, 0.717) is 19.1 Å². The van der Waals surface area contributed by atoms with Crippen LogP contribution in [0, 0.1) is 13.8 Å². The first-order chi connectivity index (χ1) is 10.5. The third-order valence-corrected chi connectivity index (χ3v) is 4.23. The molecule has 0 bridgehead atoms. The van der Waals surface area contributed by atoms with Crippen molar-refractivity contribution >= 4 is 17.5 Å². The number of nitrogens with zero attached hydrogens (tertiary/aromatic N) is 4. The number of aryl methyl sites for hydroxylation is 2. The maximum Gasteiger partial charge on any atom is 0.246 e. The molecule has 0 aliphatic carbocycles. The number of aromatic nitrogens is 3. The van der Waals surface area contributed by atoms with Gasteiger partial charge in [0.25, 0.3) is 0 Å². The van der Waals surface area contributed by atoms with Gasteiger partial charge in [-0.25, -0.2) is 4.98 Å². The van der Waals surface area contributed by atoms with Crippen LogP contribution in [0.25, 0.3) is 0 Å². The lowest BCUT2D eigenvalue weighted by molar-refractivity contribution is 0.0208. The van der Waals surface area contributed by atoms with Gasteiger partial charge in [-0.1, -0.05) is 23.7 Å². The number of halogens is 1. The van der Waals surface area contributed by atoms with Crippen LogP contribution in [0.3, 0.4) is 0 Å². The molecule has 2 atom stereocenters. The van der Waals surface area contributed by atoms with Crippen LogP contribution in [0.15, 0.2) is 24.3 Å². The van der Waals surface area contributed by atoms with Crippen LogP contribution < -0.4 is 4.90 Å². The quantitative estimate of drug-likeness (QED) is 0.851. The molecule has 0 saturated carbocycles. The second-order valence-corrected chi connectivity index (χ2v) is 6.10. The van der Waals surface area contributed by atoms with E-state index in [0.717, 1.165) is 22.0 Å².